The van der Waals surface area contributed by atoms with E-state index >= 15 is 0 Å². The van der Waals surface area contributed by atoms with Crippen LogP contribution in [0.1, 0.15) is 229 Å². The summed E-state index contributed by atoms with van der Waals surface area (Å²) in [6, 6.07) is 1.00. The Hall–Kier alpha value is -7.06. The number of hydrogen-bond acceptors (Lipinski definition) is 14. The minimum atomic E-state index is -1.06. The molecule has 1 aromatic heterocycles. The number of fused-ring (bicyclic) bond motifs is 2. The lowest BCUT2D eigenvalue weighted by molar-refractivity contribution is -0.148. The van der Waals surface area contributed by atoms with Gasteiger partial charge in [-0.2, -0.15) is 0 Å². The number of unbranched alkanes of at least 4 members (excludes halogenated alkanes) is 6. The number of aromatic nitrogens is 2. The first-order valence-corrected chi connectivity index (χ1v) is 31.0. The van der Waals surface area contributed by atoms with Gasteiger partial charge in [-0.05, 0) is 105 Å². The molecule has 6 aliphatic rings. The average molecular weight is 1160 g/mol. The lowest BCUT2D eigenvalue weighted by Crippen LogP contribution is -2.56. The van der Waals surface area contributed by atoms with Crippen LogP contribution < -0.4 is 26.6 Å². The zero-order valence-electron chi connectivity index (χ0n) is 49.4. The summed E-state index contributed by atoms with van der Waals surface area (Å²) in [5, 5.41) is 13.7. The van der Waals surface area contributed by atoms with Gasteiger partial charge in [0.25, 0.3) is 23.6 Å². The van der Waals surface area contributed by atoms with Crippen LogP contribution in [-0.2, 0) is 44.8 Å². The second-order valence-electron chi connectivity index (χ2n) is 25.3. The van der Waals surface area contributed by atoms with Crippen molar-refractivity contribution < 1.29 is 57.5 Å². The van der Waals surface area contributed by atoms with Gasteiger partial charge in [-0.25, -0.2) is 9.97 Å². The maximum absolute atomic E-state index is 15.0. The first-order chi connectivity index (χ1) is 40.2. The van der Waals surface area contributed by atoms with Crippen molar-refractivity contribution in [3.63, 3.8) is 0 Å². The number of aryl methyl sites for hydroxylation is 1. The maximum Gasteiger partial charge on any atom is 0.289 e. The Morgan fingerprint density at radius 2 is 1.46 bits per heavy atom. The summed E-state index contributed by atoms with van der Waals surface area (Å²) in [4.78, 5) is 172. The van der Waals surface area contributed by atoms with Crippen LogP contribution in [0.5, 0.6) is 0 Å². The Kier molecular flexibility index (Phi) is 21.5. The second-order valence-corrected chi connectivity index (χ2v) is 25.3. The van der Waals surface area contributed by atoms with Crippen LogP contribution in [0, 0.1) is 29.1 Å². The first-order valence-electron chi connectivity index (χ1n) is 31.0. The minimum absolute atomic E-state index is 0.0194. The Bertz CT molecular complexity index is 2840. The minimum Gasteiger partial charge on any atom is -0.356 e. The predicted octanol–water partition coefficient (Wildman–Crippen LogP) is 5.99. The number of hydrogen-bond donors (Lipinski definition) is 5. The predicted molar refractivity (Wildman–Crippen MR) is 307 cm³/mol. The van der Waals surface area contributed by atoms with Gasteiger partial charge in [0.15, 0.2) is 11.6 Å². The van der Waals surface area contributed by atoms with E-state index in [-0.39, 0.29) is 115 Å². The molecule has 21 heteroatoms. The van der Waals surface area contributed by atoms with Crippen molar-refractivity contribution in [2.45, 2.75) is 218 Å². The quantitative estimate of drug-likeness (QED) is 0.0271. The van der Waals surface area contributed by atoms with Gasteiger partial charge in [0.05, 0.1) is 35.6 Å². The number of imide groups is 2. The molecule has 84 heavy (non-hydrogen) atoms. The Labute approximate surface area is 491 Å². The van der Waals surface area contributed by atoms with Gasteiger partial charge in [-0.3, -0.25) is 67.8 Å². The summed E-state index contributed by atoms with van der Waals surface area (Å²) in [5.41, 5.74) is 0.296. The van der Waals surface area contributed by atoms with Crippen LogP contribution in [0.4, 0.5) is 0 Å². The summed E-state index contributed by atoms with van der Waals surface area (Å²) in [5.74, 6) is -6.80. The molecule has 9 amide bonds. The fourth-order valence-corrected chi connectivity index (χ4v) is 13.1. The summed E-state index contributed by atoms with van der Waals surface area (Å²) >= 11 is 0. The van der Waals surface area contributed by atoms with Crippen molar-refractivity contribution >= 4 is 70.5 Å². The molecule has 3 aliphatic carbocycles. The van der Waals surface area contributed by atoms with Crippen LogP contribution in [0.15, 0.2) is 30.6 Å². The van der Waals surface area contributed by atoms with Gasteiger partial charge >= 0.3 is 0 Å². The number of piperidine rings is 1. The van der Waals surface area contributed by atoms with E-state index in [2.05, 4.69) is 36.6 Å². The van der Waals surface area contributed by atoms with E-state index in [0.717, 1.165) is 94.8 Å². The summed E-state index contributed by atoms with van der Waals surface area (Å²) < 4.78 is 0. The molecule has 3 aliphatic heterocycles. The summed E-state index contributed by atoms with van der Waals surface area (Å²) in [7, 11) is 0. The lowest BCUT2D eigenvalue weighted by Gasteiger charge is -2.37. The number of nitrogens with zero attached hydrogens (tertiary/aromatic N) is 4. The molecule has 0 radical (unpaired) electrons. The molecule has 2 saturated heterocycles. The van der Waals surface area contributed by atoms with Crippen LogP contribution in [0.25, 0.3) is 0 Å². The normalized spacial score (nSPS) is 21.7. The van der Waals surface area contributed by atoms with E-state index in [1.807, 2.05) is 27.7 Å². The number of amides is 9. The van der Waals surface area contributed by atoms with E-state index in [0.29, 0.717) is 44.3 Å². The first kappa shape index (κ1) is 63.0. The second kappa shape index (κ2) is 28.7. The highest BCUT2D eigenvalue weighted by Gasteiger charge is 2.53. The molecular formula is C63H85N9O12. The third-order valence-corrected chi connectivity index (χ3v) is 18.0. The third-order valence-electron chi connectivity index (χ3n) is 18.0. The molecule has 1 aromatic carbocycles. The molecule has 8 rings (SSSR count). The van der Waals surface area contributed by atoms with Gasteiger partial charge < -0.3 is 26.2 Å². The van der Waals surface area contributed by atoms with Gasteiger partial charge in [0.2, 0.25) is 35.3 Å². The van der Waals surface area contributed by atoms with E-state index < -0.39 is 82.6 Å². The van der Waals surface area contributed by atoms with Crippen molar-refractivity contribution in [1.82, 2.24) is 46.4 Å². The number of ketones is 3. The molecule has 5 N–H and O–H groups in total. The molecule has 4 heterocycles. The zero-order chi connectivity index (χ0) is 60.2. The number of Topliss-reactive ketones (excluding diaryl/α,β-unsaturated/α-hetero) is 3. The fraction of sp³-hybridized carbons (Fsp3) is 0.651. The Balaban J connectivity index is 0.760. The number of rotatable bonds is 29. The van der Waals surface area contributed by atoms with Crippen LogP contribution in [-0.4, -0.2) is 134 Å². The molecule has 1 unspecified atom stereocenters. The molecule has 5 fully saturated rings. The topological polar surface area (TPSA) is 297 Å². The third kappa shape index (κ3) is 15.6. The molecule has 3 saturated carbocycles. The van der Waals surface area contributed by atoms with Gasteiger partial charge in [0, 0.05) is 50.7 Å². The van der Waals surface area contributed by atoms with Gasteiger partial charge in [-0.1, -0.05) is 104 Å². The number of carbonyl (C=O) groups excluding carboxylic acids is 12. The molecule has 0 spiro atoms. The van der Waals surface area contributed by atoms with E-state index in [1.54, 1.807) is 17.0 Å². The number of carbonyl (C=O) groups is 12. The molecule has 454 valence electrons. The molecule has 21 nitrogen and oxygen atoms in total. The average Bonchev–Trinajstić information content (AvgIpc) is 2.92. The van der Waals surface area contributed by atoms with E-state index in [9.17, 15) is 57.5 Å². The molecule has 0 bridgehead atoms. The highest BCUT2D eigenvalue weighted by Crippen LogP contribution is 2.45. The smallest absolute Gasteiger partial charge is 0.289 e. The van der Waals surface area contributed by atoms with Gasteiger partial charge in [0.1, 0.15) is 23.5 Å². The number of benzene rings is 1. The fourth-order valence-electron chi connectivity index (χ4n) is 13.1. The zero-order valence-corrected chi connectivity index (χ0v) is 49.4. The van der Waals surface area contributed by atoms with Crippen molar-refractivity contribution in [1.29, 1.82) is 0 Å². The van der Waals surface area contributed by atoms with E-state index in [4.69, 9.17) is 0 Å². The van der Waals surface area contributed by atoms with Crippen molar-refractivity contribution in [2.75, 3.05) is 13.1 Å². The largest absolute Gasteiger partial charge is 0.356 e. The summed E-state index contributed by atoms with van der Waals surface area (Å²) in [6.45, 7) is 8.41. The van der Waals surface area contributed by atoms with Crippen molar-refractivity contribution in [3.05, 3.63) is 58.7 Å². The molecular weight excluding hydrogens is 1070 g/mol. The monoisotopic (exact) mass is 1160 g/mol. The molecule has 7 atom stereocenters. The summed E-state index contributed by atoms with van der Waals surface area (Å²) in [6.07, 6.45) is 18.2. The highest BCUT2D eigenvalue weighted by atomic mass is 16.2. The maximum atomic E-state index is 15.0. The lowest BCUT2D eigenvalue weighted by atomic mass is 9.74. The SMILES string of the molecule is CCC[C@H](NC(=O)[C@@H]1[C@H]2CCC[C@H]2CN1C(=O)[C@@H](CC(=O)[C@@H](NC(=O)c1cnc(C(=O)CCCCCCCCCNC(=O)CCc2cccc3c2C(=O)N(C2CCC(=O)NC2=O)C3=O)cn1)C1CCCCC1)C(C)(C)C)C(=O)C(=O)NC1CC1. The van der Waals surface area contributed by atoms with Crippen LogP contribution in [0.3, 0.4) is 0 Å². The standard InChI is InChI=1S/C63H85N9O12/c1-5-18-44(55(77)59(81)67-40-27-28-40)68-58(80)54-41-23-17-22-39(41)36-71(54)61(83)43(63(2,3)4)33-49(74)53(38-19-12-11-13-20-38)70-56(78)46-35-65-45(34-66-46)48(73)25-14-9-7-6-8-10-15-32-64-50(75)30-26-37-21-16-24-42-52(37)62(84)72(60(42)82)47-29-31-51(76)69-57(47)79/h16,21,24,34-35,38-41,43-44,47,53-54H,5-15,17-20,22-23,25-33,36H2,1-4H3,(H,64,75)(H,67,81)(H,68,80)(H,70,78)(H,69,76,79)/t39-,41-,43+,44-,47?,53-,54-/m0/s1. The van der Waals surface area contributed by atoms with Gasteiger partial charge in [-0.15, -0.1) is 0 Å². The van der Waals surface area contributed by atoms with Crippen molar-refractivity contribution in [3.8, 4) is 0 Å². The molecule has 2 aromatic rings. The van der Waals surface area contributed by atoms with E-state index in [1.165, 1.54) is 18.5 Å². The Morgan fingerprint density at radius 3 is 2.14 bits per heavy atom. The van der Waals surface area contributed by atoms with Crippen molar-refractivity contribution in [2.24, 2.45) is 29.1 Å². The van der Waals surface area contributed by atoms with Crippen LogP contribution >= 0.6 is 0 Å². The number of nitrogens with one attached hydrogen (secondary N) is 5. The number of likely N-dealkylation sites (tertiary alicyclic amines) is 1. The highest BCUT2D eigenvalue weighted by molar-refractivity contribution is 6.38. The Morgan fingerprint density at radius 1 is 0.762 bits per heavy atom. The van der Waals surface area contributed by atoms with Crippen LogP contribution in [0.2, 0.25) is 0 Å².